The minimum absolute atomic E-state index is 0.170. The molecule has 0 amide bonds. The van der Waals surface area contributed by atoms with E-state index in [0.717, 1.165) is 5.75 Å². The topological polar surface area (TPSA) is 29.5 Å². The van der Waals surface area contributed by atoms with E-state index in [4.69, 9.17) is 4.74 Å². The van der Waals surface area contributed by atoms with E-state index in [1.807, 2.05) is 32.9 Å². The van der Waals surface area contributed by atoms with Crippen molar-refractivity contribution in [2.45, 2.75) is 39.9 Å². The highest BCUT2D eigenvalue weighted by Crippen LogP contribution is 2.18. The summed E-state index contributed by atoms with van der Waals surface area (Å²) < 4.78 is 5.59. The van der Waals surface area contributed by atoms with Crippen molar-refractivity contribution in [3.63, 3.8) is 0 Å². The lowest BCUT2D eigenvalue weighted by Crippen LogP contribution is -2.25. The summed E-state index contributed by atoms with van der Waals surface area (Å²) in [5, 5.41) is 9.30. The van der Waals surface area contributed by atoms with Gasteiger partial charge >= 0.3 is 0 Å². The highest BCUT2D eigenvalue weighted by atomic mass is 16.5. The van der Waals surface area contributed by atoms with Crippen LogP contribution in [0.1, 0.15) is 25.0 Å². The number of benzene rings is 1. The van der Waals surface area contributed by atoms with Crippen molar-refractivity contribution in [1.82, 2.24) is 0 Å². The standard InChI is InChI=1S/C12H18O2/c1-8-5-9(2)7-12(6-8)14-11(4)10(3)13/h5-7,10-11,13H,1-4H3. The number of rotatable bonds is 3. The Kier molecular flexibility index (Phi) is 3.53. The molecular weight excluding hydrogens is 176 g/mol. The van der Waals surface area contributed by atoms with E-state index in [1.165, 1.54) is 11.1 Å². The smallest absolute Gasteiger partial charge is 0.121 e. The summed E-state index contributed by atoms with van der Waals surface area (Å²) in [6, 6.07) is 6.05. The Balaban J connectivity index is 2.76. The summed E-state index contributed by atoms with van der Waals surface area (Å²) in [6.07, 6.45) is -0.619. The van der Waals surface area contributed by atoms with Crippen molar-refractivity contribution in [2.24, 2.45) is 0 Å². The molecule has 2 heteroatoms. The van der Waals surface area contributed by atoms with Crippen molar-refractivity contribution >= 4 is 0 Å². The van der Waals surface area contributed by atoms with Crippen LogP contribution in [0.4, 0.5) is 0 Å². The van der Waals surface area contributed by atoms with Crippen molar-refractivity contribution in [1.29, 1.82) is 0 Å². The Morgan fingerprint density at radius 2 is 1.57 bits per heavy atom. The van der Waals surface area contributed by atoms with Crippen molar-refractivity contribution in [3.05, 3.63) is 29.3 Å². The molecule has 0 aliphatic rings. The first-order chi connectivity index (χ1) is 6.49. The fourth-order valence-electron chi connectivity index (χ4n) is 1.31. The van der Waals surface area contributed by atoms with Gasteiger partial charge in [0, 0.05) is 0 Å². The summed E-state index contributed by atoms with van der Waals surface area (Å²) in [6.45, 7) is 7.66. The number of aliphatic hydroxyl groups excluding tert-OH is 1. The van der Waals surface area contributed by atoms with Gasteiger partial charge in [-0.25, -0.2) is 0 Å². The number of hydrogen-bond donors (Lipinski definition) is 1. The van der Waals surface area contributed by atoms with E-state index in [2.05, 4.69) is 6.07 Å². The zero-order valence-corrected chi connectivity index (χ0v) is 9.24. The Labute approximate surface area is 85.5 Å². The lowest BCUT2D eigenvalue weighted by molar-refractivity contribution is 0.0604. The lowest BCUT2D eigenvalue weighted by atomic mass is 10.1. The van der Waals surface area contributed by atoms with Crippen molar-refractivity contribution in [3.8, 4) is 5.75 Å². The van der Waals surface area contributed by atoms with E-state index in [9.17, 15) is 5.11 Å². The number of hydrogen-bond acceptors (Lipinski definition) is 2. The van der Waals surface area contributed by atoms with Gasteiger partial charge in [-0.15, -0.1) is 0 Å². The van der Waals surface area contributed by atoms with Gasteiger partial charge in [0.15, 0.2) is 0 Å². The van der Waals surface area contributed by atoms with Crippen LogP contribution in [0.2, 0.25) is 0 Å². The molecule has 2 atom stereocenters. The van der Waals surface area contributed by atoms with Gasteiger partial charge in [0.05, 0.1) is 6.10 Å². The molecule has 0 aliphatic carbocycles. The largest absolute Gasteiger partial charge is 0.488 e. The molecule has 0 saturated heterocycles. The van der Waals surface area contributed by atoms with E-state index in [1.54, 1.807) is 6.92 Å². The summed E-state index contributed by atoms with van der Waals surface area (Å²) in [4.78, 5) is 0. The van der Waals surface area contributed by atoms with Crippen LogP contribution in [0.15, 0.2) is 18.2 Å². The second kappa shape index (κ2) is 4.47. The molecule has 0 bridgehead atoms. The van der Waals surface area contributed by atoms with Gasteiger partial charge < -0.3 is 9.84 Å². The maximum atomic E-state index is 9.30. The summed E-state index contributed by atoms with van der Waals surface area (Å²) in [7, 11) is 0. The maximum absolute atomic E-state index is 9.30. The van der Waals surface area contributed by atoms with Gasteiger partial charge in [-0.2, -0.15) is 0 Å². The maximum Gasteiger partial charge on any atom is 0.121 e. The minimum atomic E-state index is -0.448. The Bertz CT molecular complexity index is 285. The van der Waals surface area contributed by atoms with E-state index >= 15 is 0 Å². The van der Waals surface area contributed by atoms with E-state index < -0.39 is 6.10 Å². The van der Waals surface area contributed by atoms with Crippen LogP contribution < -0.4 is 4.74 Å². The molecular formula is C12H18O2. The second-order valence-electron chi connectivity index (χ2n) is 3.89. The highest BCUT2D eigenvalue weighted by Gasteiger charge is 2.10. The normalized spacial score (nSPS) is 14.9. The van der Waals surface area contributed by atoms with Crippen LogP contribution in [0.3, 0.4) is 0 Å². The Morgan fingerprint density at radius 3 is 2.00 bits per heavy atom. The SMILES string of the molecule is Cc1cc(C)cc(OC(C)C(C)O)c1. The third-order valence-corrected chi connectivity index (χ3v) is 2.20. The summed E-state index contributed by atoms with van der Waals surface area (Å²) >= 11 is 0. The van der Waals surface area contributed by atoms with Gasteiger partial charge in [0.2, 0.25) is 0 Å². The number of aryl methyl sites for hydroxylation is 2. The van der Waals surface area contributed by atoms with Crippen molar-refractivity contribution in [2.75, 3.05) is 0 Å². The first kappa shape index (κ1) is 11.1. The number of aliphatic hydroxyl groups is 1. The third-order valence-electron chi connectivity index (χ3n) is 2.20. The molecule has 2 unspecified atom stereocenters. The first-order valence-electron chi connectivity index (χ1n) is 4.92. The first-order valence-corrected chi connectivity index (χ1v) is 4.92. The fraction of sp³-hybridized carbons (Fsp3) is 0.500. The number of ether oxygens (including phenoxy) is 1. The molecule has 0 spiro atoms. The van der Waals surface area contributed by atoms with Gasteiger partial charge in [-0.1, -0.05) is 6.07 Å². The zero-order chi connectivity index (χ0) is 10.7. The quantitative estimate of drug-likeness (QED) is 0.801. The summed E-state index contributed by atoms with van der Waals surface area (Å²) in [5.74, 6) is 0.830. The molecule has 0 aliphatic heterocycles. The van der Waals surface area contributed by atoms with Crippen LogP contribution >= 0.6 is 0 Å². The average Bonchev–Trinajstić information content (AvgIpc) is 2.01. The van der Waals surface area contributed by atoms with Gasteiger partial charge in [0.25, 0.3) is 0 Å². The molecule has 78 valence electrons. The van der Waals surface area contributed by atoms with Gasteiger partial charge in [-0.05, 0) is 51.0 Å². The lowest BCUT2D eigenvalue weighted by Gasteiger charge is -2.17. The van der Waals surface area contributed by atoms with E-state index in [0.29, 0.717) is 0 Å². The Morgan fingerprint density at radius 1 is 1.07 bits per heavy atom. The summed E-state index contributed by atoms with van der Waals surface area (Å²) in [5.41, 5.74) is 2.36. The molecule has 0 radical (unpaired) electrons. The van der Waals surface area contributed by atoms with Gasteiger partial charge in [0.1, 0.15) is 11.9 Å². The molecule has 2 nitrogen and oxygen atoms in total. The van der Waals surface area contributed by atoms with Crippen LogP contribution in [-0.2, 0) is 0 Å². The second-order valence-corrected chi connectivity index (χ2v) is 3.89. The average molecular weight is 194 g/mol. The zero-order valence-electron chi connectivity index (χ0n) is 9.24. The molecule has 0 saturated carbocycles. The molecule has 1 aromatic carbocycles. The van der Waals surface area contributed by atoms with Crippen molar-refractivity contribution < 1.29 is 9.84 Å². The van der Waals surface area contributed by atoms with Crippen LogP contribution in [-0.4, -0.2) is 17.3 Å². The molecule has 14 heavy (non-hydrogen) atoms. The van der Waals surface area contributed by atoms with E-state index in [-0.39, 0.29) is 6.10 Å². The van der Waals surface area contributed by atoms with Crippen LogP contribution in [0, 0.1) is 13.8 Å². The monoisotopic (exact) mass is 194 g/mol. The predicted molar refractivity (Wildman–Crippen MR) is 57.7 cm³/mol. The van der Waals surface area contributed by atoms with Gasteiger partial charge in [-0.3, -0.25) is 0 Å². The minimum Gasteiger partial charge on any atom is -0.488 e. The molecule has 1 aromatic rings. The highest BCUT2D eigenvalue weighted by molar-refractivity contribution is 5.33. The molecule has 0 aromatic heterocycles. The molecule has 0 fully saturated rings. The molecule has 1 N–H and O–H groups in total. The Hall–Kier alpha value is -1.02. The third kappa shape index (κ3) is 3.04. The fourth-order valence-corrected chi connectivity index (χ4v) is 1.31. The molecule has 1 rings (SSSR count). The molecule has 0 heterocycles. The van der Waals surface area contributed by atoms with Crippen LogP contribution in [0.25, 0.3) is 0 Å². The predicted octanol–water partition coefficient (Wildman–Crippen LogP) is 2.45. The van der Waals surface area contributed by atoms with Crippen LogP contribution in [0.5, 0.6) is 5.75 Å².